The predicted octanol–water partition coefficient (Wildman–Crippen LogP) is 2.75. The van der Waals surface area contributed by atoms with Crippen LogP contribution < -0.4 is 5.32 Å². The maximum absolute atomic E-state index is 11.5. The molecule has 82 valence electrons. The van der Waals surface area contributed by atoms with E-state index in [0.29, 0.717) is 6.42 Å². The molecule has 3 heteroatoms. The Morgan fingerprint density at radius 3 is 2.60 bits per heavy atom. The molecule has 0 saturated carbocycles. The van der Waals surface area contributed by atoms with E-state index in [1.165, 1.54) is 3.57 Å². The molecule has 0 spiro atoms. The summed E-state index contributed by atoms with van der Waals surface area (Å²) in [6, 6.07) is 8.05. The summed E-state index contributed by atoms with van der Waals surface area (Å²) in [4.78, 5) is 11.5. The Kier molecular flexibility index (Phi) is 5.68. The first kappa shape index (κ1) is 12.5. The smallest absolute Gasteiger partial charge is 0.224 e. The number of benzene rings is 1. The predicted molar refractivity (Wildman–Crippen MR) is 70.8 cm³/mol. The van der Waals surface area contributed by atoms with Crippen LogP contribution in [0.1, 0.15) is 25.3 Å². The number of hydrogen-bond acceptors (Lipinski definition) is 1. The van der Waals surface area contributed by atoms with Crippen molar-refractivity contribution in [1.29, 1.82) is 0 Å². The van der Waals surface area contributed by atoms with Gasteiger partial charge in [-0.2, -0.15) is 0 Å². The summed E-state index contributed by atoms with van der Waals surface area (Å²) in [5.41, 5.74) is 1.07. The number of carbonyl (C=O) groups excluding carboxylic acids is 1. The Hall–Kier alpha value is -0.580. The summed E-state index contributed by atoms with van der Waals surface area (Å²) >= 11 is 2.26. The number of amides is 1. The Balaban J connectivity index is 2.34. The fraction of sp³-hybridized carbons (Fsp3) is 0.417. The van der Waals surface area contributed by atoms with Crippen molar-refractivity contribution in [2.24, 2.45) is 0 Å². The molecule has 0 radical (unpaired) electrons. The average molecular weight is 317 g/mol. The maximum Gasteiger partial charge on any atom is 0.224 e. The minimum atomic E-state index is 0.115. The summed E-state index contributed by atoms with van der Waals surface area (Å²) in [5, 5.41) is 2.91. The van der Waals surface area contributed by atoms with Crippen molar-refractivity contribution in [3.8, 4) is 0 Å². The van der Waals surface area contributed by atoms with Crippen molar-refractivity contribution < 1.29 is 4.79 Å². The lowest BCUT2D eigenvalue weighted by atomic mass is 10.1. The van der Waals surface area contributed by atoms with Crippen molar-refractivity contribution >= 4 is 28.5 Å². The fourth-order valence-electron chi connectivity index (χ4n) is 1.25. The van der Waals surface area contributed by atoms with Crippen molar-refractivity contribution in [2.45, 2.75) is 26.2 Å². The highest BCUT2D eigenvalue weighted by atomic mass is 127. The summed E-state index contributed by atoms with van der Waals surface area (Å²) in [5.74, 6) is 0.115. The van der Waals surface area contributed by atoms with E-state index in [0.717, 1.165) is 24.9 Å². The van der Waals surface area contributed by atoms with Gasteiger partial charge in [0, 0.05) is 10.1 Å². The van der Waals surface area contributed by atoms with Gasteiger partial charge < -0.3 is 5.32 Å². The second-order valence-electron chi connectivity index (χ2n) is 3.51. The van der Waals surface area contributed by atoms with E-state index in [4.69, 9.17) is 0 Å². The zero-order chi connectivity index (χ0) is 11.1. The third-order valence-corrected chi connectivity index (χ3v) is 2.85. The first-order valence-corrected chi connectivity index (χ1v) is 6.31. The fourth-order valence-corrected chi connectivity index (χ4v) is 1.61. The van der Waals surface area contributed by atoms with E-state index in [1.807, 2.05) is 24.3 Å². The van der Waals surface area contributed by atoms with Gasteiger partial charge in [0.15, 0.2) is 0 Å². The summed E-state index contributed by atoms with van der Waals surface area (Å²) < 4.78 is 1.20. The first-order valence-electron chi connectivity index (χ1n) is 5.23. The van der Waals surface area contributed by atoms with Crippen LogP contribution in [0.25, 0.3) is 0 Å². The van der Waals surface area contributed by atoms with E-state index >= 15 is 0 Å². The topological polar surface area (TPSA) is 29.1 Å². The highest BCUT2D eigenvalue weighted by Crippen LogP contribution is 2.07. The van der Waals surface area contributed by atoms with Gasteiger partial charge in [-0.25, -0.2) is 0 Å². The van der Waals surface area contributed by atoms with Crippen LogP contribution in [-0.4, -0.2) is 12.5 Å². The molecule has 1 aromatic carbocycles. The highest BCUT2D eigenvalue weighted by molar-refractivity contribution is 14.1. The summed E-state index contributed by atoms with van der Waals surface area (Å²) in [7, 11) is 0. The molecule has 0 saturated heterocycles. The minimum absolute atomic E-state index is 0.115. The van der Waals surface area contributed by atoms with Crippen LogP contribution in [0.3, 0.4) is 0 Å². The van der Waals surface area contributed by atoms with Crippen molar-refractivity contribution in [2.75, 3.05) is 6.54 Å². The molecule has 0 unspecified atom stereocenters. The molecule has 1 N–H and O–H groups in total. The molecule has 15 heavy (non-hydrogen) atoms. The van der Waals surface area contributed by atoms with Gasteiger partial charge in [0.1, 0.15) is 0 Å². The van der Waals surface area contributed by atoms with Gasteiger partial charge in [0.2, 0.25) is 5.91 Å². The van der Waals surface area contributed by atoms with Gasteiger partial charge in [-0.15, -0.1) is 0 Å². The molecule has 1 rings (SSSR count). The van der Waals surface area contributed by atoms with Crippen LogP contribution in [0.2, 0.25) is 0 Å². The van der Waals surface area contributed by atoms with E-state index in [2.05, 4.69) is 34.8 Å². The molecule has 1 aromatic rings. The molecule has 0 aromatic heterocycles. The Labute approximate surface area is 105 Å². The lowest BCUT2D eigenvalue weighted by molar-refractivity contribution is -0.120. The molecule has 0 aliphatic carbocycles. The van der Waals surface area contributed by atoms with E-state index in [9.17, 15) is 4.79 Å². The number of halogens is 1. The van der Waals surface area contributed by atoms with E-state index in [-0.39, 0.29) is 5.91 Å². The summed E-state index contributed by atoms with van der Waals surface area (Å²) in [6.07, 6.45) is 2.66. The Morgan fingerprint density at radius 2 is 2.00 bits per heavy atom. The van der Waals surface area contributed by atoms with Gasteiger partial charge in [0.05, 0.1) is 6.42 Å². The standard InChI is InChI=1S/C12H16INO/c1-2-3-8-14-12(15)9-10-4-6-11(13)7-5-10/h4-7H,2-3,8-9H2,1H3,(H,14,15). The van der Waals surface area contributed by atoms with Crippen molar-refractivity contribution in [3.63, 3.8) is 0 Å². The SMILES string of the molecule is CCCCNC(=O)Cc1ccc(I)cc1. The van der Waals surface area contributed by atoms with Gasteiger partial charge in [-0.1, -0.05) is 25.5 Å². The number of unbranched alkanes of at least 4 members (excludes halogenated alkanes) is 1. The largest absolute Gasteiger partial charge is 0.356 e. The van der Waals surface area contributed by atoms with E-state index in [1.54, 1.807) is 0 Å². The molecular weight excluding hydrogens is 301 g/mol. The van der Waals surface area contributed by atoms with Crippen LogP contribution in [0, 0.1) is 3.57 Å². The second kappa shape index (κ2) is 6.82. The lowest BCUT2D eigenvalue weighted by Gasteiger charge is -2.04. The number of rotatable bonds is 5. The number of carbonyl (C=O) groups is 1. The molecule has 0 atom stereocenters. The highest BCUT2D eigenvalue weighted by Gasteiger charge is 2.01. The van der Waals surface area contributed by atoms with Crippen molar-refractivity contribution in [3.05, 3.63) is 33.4 Å². The Bertz CT molecular complexity index is 308. The normalized spacial score (nSPS) is 10.0. The second-order valence-corrected chi connectivity index (χ2v) is 4.75. The van der Waals surface area contributed by atoms with Gasteiger partial charge in [-0.05, 0) is 46.7 Å². The lowest BCUT2D eigenvalue weighted by Crippen LogP contribution is -2.25. The quantitative estimate of drug-likeness (QED) is 0.657. The molecular formula is C12H16INO. The number of hydrogen-bond donors (Lipinski definition) is 1. The van der Waals surface area contributed by atoms with Gasteiger partial charge in [-0.3, -0.25) is 4.79 Å². The minimum Gasteiger partial charge on any atom is -0.356 e. The van der Waals surface area contributed by atoms with Crippen LogP contribution in [-0.2, 0) is 11.2 Å². The van der Waals surface area contributed by atoms with Gasteiger partial charge in [0.25, 0.3) is 0 Å². The van der Waals surface area contributed by atoms with Crippen LogP contribution >= 0.6 is 22.6 Å². The molecule has 0 aliphatic rings. The third-order valence-electron chi connectivity index (χ3n) is 2.13. The van der Waals surface area contributed by atoms with Crippen LogP contribution in [0.15, 0.2) is 24.3 Å². The monoisotopic (exact) mass is 317 g/mol. The van der Waals surface area contributed by atoms with Crippen LogP contribution in [0.4, 0.5) is 0 Å². The van der Waals surface area contributed by atoms with Crippen molar-refractivity contribution in [1.82, 2.24) is 5.32 Å². The number of nitrogens with one attached hydrogen (secondary N) is 1. The zero-order valence-corrected chi connectivity index (χ0v) is 11.1. The molecule has 0 bridgehead atoms. The first-order chi connectivity index (χ1) is 7.22. The molecule has 1 amide bonds. The third kappa shape index (κ3) is 5.16. The molecule has 0 aliphatic heterocycles. The van der Waals surface area contributed by atoms with Gasteiger partial charge >= 0.3 is 0 Å². The maximum atomic E-state index is 11.5. The zero-order valence-electron chi connectivity index (χ0n) is 8.92. The summed E-state index contributed by atoms with van der Waals surface area (Å²) in [6.45, 7) is 2.91. The van der Waals surface area contributed by atoms with Crippen LogP contribution in [0.5, 0.6) is 0 Å². The molecule has 0 fully saturated rings. The Morgan fingerprint density at radius 1 is 1.33 bits per heavy atom. The van der Waals surface area contributed by atoms with E-state index < -0.39 is 0 Å². The molecule has 2 nitrogen and oxygen atoms in total. The molecule has 0 heterocycles. The average Bonchev–Trinajstić information content (AvgIpc) is 2.22.